The van der Waals surface area contributed by atoms with Crippen LogP contribution in [0.3, 0.4) is 0 Å². The molecule has 0 aliphatic carbocycles. The fraction of sp³-hybridized carbons (Fsp3) is 0.346. The van der Waals surface area contributed by atoms with Gasteiger partial charge >= 0.3 is 12.1 Å². The van der Waals surface area contributed by atoms with E-state index in [-0.39, 0.29) is 32.0 Å². The van der Waals surface area contributed by atoms with Crippen molar-refractivity contribution < 1.29 is 41.8 Å². The highest BCUT2D eigenvalue weighted by molar-refractivity contribution is 5.94. The van der Waals surface area contributed by atoms with Gasteiger partial charge in [0, 0.05) is 30.8 Å². The van der Waals surface area contributed by atoms with Crippen LogP contribution in [-0.4, -0.2) is 47.5 Å². The summed E-state index contributed by atoms with van der Waals surface area (Å²) in [6.07, 6.45) is -1.68. The third-order valence-electron chi connectivity index (χ3n) is 5.87. The molecule has 198 valence electrons. The molecule has 1 aliphatic heterocycles. The molecular formula is C26H26F4N2O5. The summed E-state index contributed by atoms with van der Waals surface area (Å²) in [5.41, 5.74) is -0.598. The number of nitrogens with zero attached hydrogens (tertiary/aromatic N) is 1. The van der Waals surface area contributed by atoms with Gasteiger partial charge in [0.1, 0.15) is 18.2 Å². The van der Waals surface area contributed by atoms with Crippen molar-refractivity contribution in [2.75, 3.05) is 19.7 Å². The molecule has 37 heavy (non-hydrogen) atoms. The lowest BCUT2D eigenvalue weighted by Crippen LogP contribution is -2.42. The summed E-state index contributed by atoms with van der Waals surface area (Å²) < 4.78 is 58.1. The summed E-state index contributed by atoms with van der Waals surface area (Å²) >= 11 is 0. The lowest BCUT2D eigenvalue weighted by atomic mass is 9.95. The van der Waals surface area contributed by atoms with Crippen LogP contribution >= 0.6 is 0 Å². The average Bonchev–Trinajstić information content (AvgIpc) is 2.84. The van der Waals surface area contributed by atoms with Gasteiger partial charge in [-0.1, -0.05) is 12.1 Å². The Kier molecular flexibility index (Phi) is 8.25. The van der Waals surface area contributed by atoms with Crippen molar-refractivity contribution in [1.82, 2.24) is 10.2 Å². The summed E-state index contributed by atoms with van der Waals surface area (Å²) in [6, 6.07) is 7.03. The molecule has 7 nitrogen and oxygen atoms in total. The topological polar surface area (TPSA) is 95.9 Å². The zero-order chi connectivity index (χ0) is 27.4. The summed E-state index contributed by atoms with van der Waals surface area (Å²) in [4.78, 5) is 37.2. The molecule has 0 fully saturated rings. The lowest BCUT2D eigenvalue weighted by Gasteiger charge is -2.30. The Morgan fingerprint density at radius 1 is 1.14 bits per heavy atom. The maximum absolute atomic E-state index is 14.7. The van der Waals surface area contributed by atoms with Crippen LogP contribution in [0.4, 0.5) is 17.6 Å². The summed E-state index contributed by atoms with van der Waals surface area (Å²) in [5, 5.41) is 11.6. The molecule has 11 heteroatoms. The number of benzene rings is 2. The van der Waals surface area contributed by atoms with E-state index in [2.05, 4.69) is 5.32 Å². The maximum atomic E-state index is 14.7. The molecule has 0 saturated carbocycles. The van der Waals surface area contributed by atoms with Crippen molar-refractivity contribution in [2.45, 2.75) is 33.0 Å². The van der Waals surface area contributed by atoms with E-state index in [1.54, 1.807) is 6.07 Å². The molecule has 0 spiro atoms. The summed E-state index contributed by atoms with van der Waals surface area (Å²) in [6.45, 7) is 2.80. The molecule has 1 aliphatic rings. The summed E-state index contributed by atoms with van der Waals surface area (Å²) in [5.74, 6) is -2.45. The number of ether oxygens (including phenoxy) is 1. The zero-order valence-corrected chi connectivity index (χ0v) is 20.2. The first-order chi connectivity index (χ1) is 17.3. The van der Waals surface area contributed by atoms with Gasteiger partial charge < -0.3 is 20.1 Å². The van der Waals surface area contributed by atoms with E-state index in [1.165, 1.54) is 37.0 Å². The molecule has 2 N–H and O–H groups in total. The van der Waals surface area contributed by atoms with Gasteiger partial charge in [-0.3, -0.25) is 14.4 Å². The van der Waals surface area contributed by atoms with Crippen molar-refractivity contribution in [3.63, 3.8) is 0 Å². The SMILES string of the molecule is CC(C)(COc1cc(F)c2c(c1)CCN(C(=O)CNC(=O)/C=C/c1ccc(C(F)(F)F)cc1)C2)C(=O)O. The minimum Gasteiger partial charge on any atom is -0.492 e. The Morgan fingerprint density at radius 2 is 1.81 bits per heavy atom. The smallest absolute Gasteiger partial charge is 0.416 e. The number of carboxylic acids is 1. The van der Waals surface area contributed by atoms with Gasteiger partial charge in [0.25, 0.3) is 0 Å². The normalized spacial score (nSPS) is 13.8. The van der Waals surface area contributed by atoms with Crippen LogP contribution in [0.15, 0.2) is 42.5 Å². The molecule has 0 unspecified atom stereocenters. The minimum atomic E-state index is -4.45. The van der Waals surface area contributed by atoms with Crippen molar-refractivity contribution in [3.05, 3.63) is 70.5 Å². The molecule has 2 amide bonds. The van der Waals surface area contributed by atoms with Crippen LogP contribution in [0, 0.1) is 11.2 Å². The number of nitrogens with one attached hydrogen (secondary N) is 1. The van der Waals surface area contributed by atoms with Gasteiger partial charge in [-0.25, -0.2) is 4.39 Å². The van der Waals surface area contributed by atoms with E-state index >= 15 is 0 Å². The Morgan fingerprint density at radius 3 is 2.43 bits per heavy atom. The number of rotatable bonds is 8. The van der Waals surface area contributed by atoms with E-state index in [0.29, 0.717) is 23.1 Å². The van der Waals surface area contributed by atoms with Crippen LogP contribution < -0.4 is 10.1 Å². The van der Waals surface area contributed by atoms with Gasteiger partial charge in [0.2, 0.25) is 11.8 Å². The first-order valence-electron chi connectivity index (χ1n) is 11.3. The van der Waals surface area contributed by atoms with Crippen molar-refractivity contribution in [1.29, 1.82) is 0 Å². The van der Waals surface area contributed by atoms with Gasteiger partial charge in [0.05, 0.1) is 17.5 Å². The zero-order valence-electron chi connectivity index (χ0n) is 20.2. The Hall–Kier alpha value is -3.89. The number of amides is 2. The molecule has 2 aromatic rings. The standard InChI is InChI=1S/C26H26F4N2O5/c1-25(2,24(35)36)15-37-19-11-17-9-10-32(14-20(17)21(27)12-19)23(34)13-31-22(33)8-5-16-3-6-18(7-4-16)26(28,29)30/h3-8,11-12H,9-10,13-15H2,1-2H3,(H,31,33)(H,35,36)/b8-5+. The van der Waals surface area contributed by atoms with Crippen molar-refractivity contribution in [3.8, 4) is 5.75 Å². The highest BCUT2D eigenvalue weighted by Crippen LogP contribution is 2.30. The molecule has 0 saturated heterocycles. The lowest BCUT2D eigenvalue weighted by molar-refractivity contribution is -0.148. The third-order valence-corrected chi connectivity index (χ3v) is 5.87. The molecule has 2 aromatic carbocycles. The molecule has 1 heterocycles. The first-order valence-corrected chi connectivity index (χ1v) is 11.3. The van der Waals surface area contributed by atoms with Crippen molar-refractivity contribution >= 4 is 23.9 Å². The average molecular weight is 522 g/mol. The predicted molar refractivity (Wildman–Crippen MR) is 126 cm³/mol. The number of fused-ring (bicyclic) bond motifs is 1. The second-order valence-corrected chi connectivity index (χ2v) is 9.26. The number of hydrogen-bond donors (Lipinski definition) is 2. The molecular weight excluding hydrogens is 496 g/mol. The first kappa shape index (κ1) is 27.7. The second-order valence-electron chi connectivity index (χ2n) is 9.26. The molecule has 0 atom stereocenters. The second kappa shape index (κ2) is 11.0. The number of aliphatic carboxylic acids is 1. The monoisotopic (exact) mass is 522 g/mol. The van der Waals surface area contributed by atoms with Gasteiger partial charge in [-0.15, -0.1) is 0 Å². The molecule has 3 rings (SSSR count). The quantitative estimate of drug-likeness (QED) is 0.403. The van der Waals surface area contributed by atoms with E-state index in [1.807, 2.05) is 0 Å². The minimum absolute atomic E-state index is 0.00182. The number of alkyl halides is 3. The van der Waals surface area contributed by atoms with Crippen LogP contribution in [-0.2, 0) is 33.5 Å². The van der Waals surface area contributed by atoms with E-state index in [4.69, 9.17) is 4.74 Å². The van der Waals surface area contributed by atoms with Gasteiger partial charge in [0.15, 0.2) is 0 Å². The fourth-order valence-corrected chi connectivity index (χ4v) is 3.50. The van der Waals surface area contributed by atoms with Crippen LogP contribution in [0.1, 0.15) is 36.1 Å². The Balaban J connectivity index is 1.53. The summed E-state index contributed by atoms with van der Waals surface area (Å²) in [7, 11) is 0. The fourth-order valence-electron chi connectivity index (χ4n) is 3.50. The van der Waals surface area contributed by atoms with Crippen LogP contribution in [0.5, 0.6) is 5.75 Å². The number of halogens is 4. The van der Waals surface area contributed by atoms with Crippen molar-refractivity contribution in [2.24, 2.45) is 5.41 Å². The Bertz CT molecular complexity index is 1210. The van der Waals surface area contributed by atoms with Crippen LogP contribution in [0.2, 0.25) is 0 Å². The highest BCUT2D eigenvalue weighted by atomic mass is 19.4. The molecule has 0 radical (unpaired) electrons. The largest absolute Gasteiger partial charge is 0.492 e. The maximum Gasteiger partial charge on any atom is 0.416 e. The number of carbonyl (C=O) groups excluding carboxylic acids is 2. The predicted octanol–water partition coefficient (Wildman–Crippen LogP) is 4.05. The number of carboxylic acid groups (broad SMARTS) is 1. The highest BCUT2D eigenvalue weighted by Gasteiger charge is 2.30. The van der Waals surface area contributed by atoms with E-state index in [9.17, 15) is 37.1 Å². The number of carbonyl (C=O) groups is 3. The van der Waals surface area contributed by atoms with E-state index in [0.717, 1.165) is 24.3 Å². The molecule has 0 aromatic heterocycles. The Labute approximate surface area is 210 Å². The number of hydrogen-bond acceptors (Lipinski definition) is 4. The van der Waals surface area contributed by atoms with Crippen LogP contribution in [0.25, 0.3) is 6.08 Å². The van der Waals surface area contributed by atoms with Gasteiger partial charge in [-0.05, 0) is 55.7 Å². The van der Waals surface area contributed by atoms with Gasteiger partial charge in [-0.2, -0.15) is 13.2 Å². The third kappa shape index (κ3) is 7.31. The molecule has 0 bridgehead atoms. The van der Waals surface area contributed by atoms with E-state index < -0.39 is 40.8 Å².